The lowest BCUT2D eigenvalue weighted by Crippen LogP contribution is -2.32. The molecule has 0 fully saturated rings. The predicted molar refractivity (Wildman–Crippen MR) is 130 cm³/mol. The van der Waals surface area contributed by atoms with Gasteiger partial charge < -0.3 is 23.9 Å². The zero-order valence-electron chi connectivity index (χ0n) is 19.2. The number of carboxylic acid groups (broad SMARTS) is 1. The number of pyridine rings is 1. The SMILES string of the molecule is Cn1cnc2c1CCN(c1ncc(Cl)c(Cc3ccc4c(c3)cc(OCC(=O)O)c(=O)n4C)n1)C2. The van der Waals surface area contributed by atoms with Gasteiger partial charge in [0.1, 0.15) is 0 Å². The Balaban J connectivity index is 1.43. The molecule has 1 aromatic carbocycles. The smallest absolute Gasteiger partial charge is 0.341 e. The summed E-state index contributed by atoms with van der Waals surface area (Å²) >= 11 is 6.45. The van der Waals surface area contributed by atoms with Crippen molar-refractivity contribution in [1.82, 2.24) is 24.1 Å². The first-order valence-corrected chi connectivity index (χ1v) is 11.4. The van der Waals surface area contributed by atoms with E-state index >= 15 is 0 Å². The molecule has 10 nitrogen and oxygen atoms in total. The number of benzene rings is 1. The van der Waals surface area contributed by atoms with E-state index in [4.69, 9.17) is 26.4 Å². The highest BCUT2D eigenvalue weighted by molar-refractivity contribution is 6.31. The number of nitrogens with zero attached hydrogens (tertiary/aromatic N) is 6. The Bertz CT molecular complexity index is 1510. The highest BCUT2D eigenvalue weighted by atomic mass is 35.5. The van der Waals surface area contributed by atoms with Crippen LogP contribution < -0.4 is 15.2 Å². The van der Waals surface area contributed by atoms with Crippen molar-refractivity contribution in [3.63, 3.8) is 0 Å². The molecule has 4 heterocycles. The average Bonchev–Trinajstić information content (AvgIpc) is 3.21. The zero-order chi connectivity index (χ0) is 24.7. The molecule has 4 aromatic rings. The Morgan fingerprint density at radius 1 is 1.23 bits per heavy atom. The number of hydrogen-bond acceptors (Lipinski definition) is 7. The Morgan fingerprint density at radius 2 is 2.06 bits per heavy atom. The summed E-state index contributed by atoms with van der Waals surface area (Å²) < 4.78 is 8.68. The van der Waals surface area contributed by atoms with Crippen LogP contribution in [0.3, 0.4) is 0 Å². The lowest BCUT2D eigenvalue weighted by atomic mass is 10.1. The van der Waals surface area contributed by atoms with Crippen molar-refractivity contribution in [1.29, 1.82) is 0 Å². The van der Waals surface area contributed by atoms with E-state index in [0.717, 1.165) is 29.6 Å². The molecule has 180 valence electrons. The molecule has 1 N–H and O–H groups in total. The van der Waals surface area contributed by atoms with Crippen molar-refractivity contribution in [3.05, 3.63) is 74.8 Å². The molecular formula is C24H23ClN6O4. The normalized spacial score (nSPS) is 13.2. The minimum atomic E-state index is -1.15. The van der Waals surface area contributed by atoms with Gasteiger partial charge in [-0.05, 0) is 23.8 Å². The number of aliphatic carboxylic acids is 1. The van der Waals surface area contributed by atoms with E-state index in [1.165, 1.54) is 10.3 Å². The van der Waals surface area contributed by atoms with Crippen LogP contribution in [0.15, 0.2) is 41.6 Å². The summed E-state index contributed by atoms with van der Waals surface area (Å²) in [7, 11) is 3.62. The van der Waals surface area contributed by atoms with Gasteiger partial charge in [-0.1, -0.05) is 17.7 Å². The standard InChI is InChI=1S/C24H23ClN6O4/c1-29-13-27-18-11-31(6-5-20(18)29)24-26-10-16(25)17(28-24)8-14-3-4-19-15(7-14)9-21(23(34)30(19)2)35-12-22(32)33/h3-4,7,9-10,13H,5-6,8,11-12H2,1-2H3,(H,32,33). The van der Waals surface area contributed by atoms with Crippen LogP contribution in [0.4, 0.5) is 5.95 Å². The van der Waals surface area contributed by atoms with Gasteiger partial charge >= 0.3 is 5.97 Å². The van der Waals surface area contributed by atoms with Crippen LogP contribution in [-0.4, -0.2) is 48.3 Å². The van der Waals surface area contributed by atoms with Crippen molar-refractivity contribution in [2.45, 2.75) is 19.4 Å². The molecule has 1 aliphatic rings. The first kappa shape index (κ1) is 22.9. The number of rotatable bonds is 6. The second kappa shape index (κ2) is 9.03. The molecule has 0 unspecified atom stereocenters. The molecule has 5 rings (SSSR count). The zero-order valence-corrected chi connectivity index (χ0v) is 20.0. The van der Waals surface area contributed by atoms with Crippen molar-refractivity contribution >= 4 is 34.4 Å². The van der Waals surface area contributed by atoms with Gasteiger partial charge in [0.2, 0.25) is 5.95 Å². The fourth-order valence-corrected chi connectivity index (χ4v) is 4.50. The quantitative estimate of drug-likeness (QED) is 0.434. The number of aryl methyl sites for hydroxylation is 2. The van der Waals surface area contributed by atoms with Gasteiger partial charge in [-0.15, -0.1) is 0 Å². The average molecular weight is 495 g/mol. The Hall–Kier alpha value is -3.92. The predicted octanol–water partition coefficient (Wildman–Crippen LogP) is 2.33. The monoisotopic (exact) mass is 494 g/mol. The molecule has 0 atom stereocenters. The third kappa shape index (κ3) is 4.44. The lowest BCUT2D eigenvalue weighted by Gasteiger charge is -2.27. The molecule has 0 amide bonds. The number of aromatic nitrogens is 5. The number of halogens is 1. The molecule has 35 heavy (non-hydrogen) atoms. The maximum atomic E-state index is 12.5. The summed E-state index contributed by atoms with van der Waals surface area (Å²) in [6, 6.07) is 7.24. The van der Waals surface area contributed by atoms with Gasteiger partial charge in [0, 0.05) is 44.6 Å². The van der Waals surface area contributed by atoms with Crippen LogP contribution in [0.1, 0.15) is 22.6 Å². The minimum absolute atomic E-state index is 0.0131. The highest BCUT2D eigenvalue weighted by Gasteiger charge is 2.22. The van der Waals surface area contributed by atoms with E-state index in [1.807, 2.05) is 31.6 Å². The number of carbonyl (C=O) groups is 1. The van der Waals surface area contributed by atoms with E-state index in [9.17, 15) is 9.59 Å². The molecule has 0 bridgehead atoms. The van der Waals surface area contributed by atoms with Crippen LogP contribution in [0.25, 0.3) is 10.9 Å². The molecule has 0 saturated heterocycles. The highest BCUT2D eigenvalue weighted by Crippen LogP contribution is 2.25. The number of fused-ring (bicyclic) bond motifs is 2. The number of hydrogen-bond donors (Lipinski definition) is 1. The third-order valence-electron chi connectivity index (χ3n) is 6.17. The Kier molecular flexibility index (Phi) is 5.89. The second-order valence-corrected chi connectivity index (χ2v) is 8.92. The maximum Gasteiger partial charge on any atom is 0.341 e. The maximum absolute atomic E-state index is 12.5. The molecule has 0 spiro atoms. The number of anilines is 1. The summed E-state index contributed by atoms with van der Waals surface area (Å²) in [4.78, 5) is 39.1. The number of carboxylic acids is 1. The first-order valence-electron chi connectivity index (χ1n) is 11.0. The van der Waals surface area contributed by atoms with Crippen LogP contribution in [0, 0.1) is 0 Å². The molecular weight excluding hydrogens is 472 g/mol. The third-order valence-corrected chi connectivity index (χ3v) is 6.49. The van der Waals surface area contributed by atoms with Crippen LogP contribution in [-0.2, 0) is 38.3 Å². The van der Waals surface area contributed by atoms with Crippen molar-refractivity contribution in [2.24, 2.45) is 14.1 Å². The Labute approximate surface area is 205 Å². The van der Waals surface area contributed by atoms with E-state index in [2.05, 4.69) is 19.4 Å². The fourth-order valence-electron chi connectivity index (χ4n) is 4.35. The van der Waals surface area contributed by atoms with Crippen LogP contribution in [0.5, 0.6) is 5.75 Å². The van der Waals surface area contributed by atoms with Crippen LogP contribution in [0.2, 0.25) is 5.02 Å². The van der Waals surface area contributed by atoms with Gasteiger partial charge in [-0.25, -0.2) is 19.7 Å². The van der Waals surface area contributed by atoms with Crippen LogP contribution >= 0.6 is 11.6 Å². The van der Waals surface area contributed by atoms with E-state index in [1.54, 1.807) is 19.3 Å². The fraction of sp³-hybridized carbons (Fsp3) is 0.292. The van der Waals surface area contributed by atoms with E-state index in [-0.39, 0.29) is 5.75 Å². The van der Waals surface area contributed by atoms with Gasteiger partial charge in [0.25, 0.3) is 5.56 Å². The summed E-state index contributed by atoms with van der Waals surface area (Å²) in [5.41, 5.74) is 4.18. The summed E-state index contributed by atoms with van der Waals surface area (Å²) in [5.74, 6) is -0.558. The van der Waals surface area contributed by atoms with Gasteiger partial charge in [-0.3, -0.25) is 4.79 Å². The molecule has 0 radical (unpaired) electrons. The first-order chi connectivity index (χ1) is 16.8. The topological polar surface area (TPSA) is 115 Å². The molecule has 0 aliphatic carbocycles. The van der Waals surface area contributed by atoms with Crippen molar-refractivity contribution < 1.29 is 14.6 Å². The van der Waals surface area contributed by atoms with Gasteiger partial charge in [0.05, 0.1) is 41.0 Å². The summed E-state index contributed by atoms with van der Waals surface area (Å²) in [5, 5.41) is 10.1. The summed E-state index contributed by atoms with van der Waals surface area (Å²) in [6.07, 6.45) is 4.77. The number of imidazole rings is 1. The minimum Gasteiger partial charge on any atom is -0.479 e. The Morgan fingerprint density at radius 3 is 2.86 bits per heavy atom. The molecule has 0 saturated carbocycles. The van der Waals surface area contributed by atoms with E-state index in [0.29, 0.717) is 35.1 Å². The van der Waals surface area contributed by atoms with E-state index < -0.39 is 18.1 Å². The second-order valence-electron chi connectivity index (χ2n) is 8.51. The van der Waals surface area contributed by atoms with Gasteiger partial charge in [-0.2, -0.15) is 0 Å². The molecule has 3 aromatic heterocycles. The molecule has 11 heteroatoms. The largest absolute Gasteiger partial charge is 0.479 e. The molecule has 1 aliphatic heterocycles. The van der Waals surface area contributed by atoms with Gasteiger partial charge in [0.15, 0.2) is 12.4 Å². The van der Waals surface area contributed by atoms with Crippen molar-refractivity contribution in [2.75, 3.05) is 18.1 Å². The van der Waals surface area contributed by atoms with Crippen molar-refractivity contribution in [3.8, 4) is 5.75 Å². The number of ether oxygens (including phenoxy) is 1. The lowest BCUT2D eigenvalue weighted by molar-refractivity contribution is -0.139. The summed E-state index contributed by atoms with van der Waals surface area (Å²) in [6.45, 7) is 0.841.